The highest BCUT2D eigenvalue weighted by Crippen LogP contribution is 2.34. The molecule has 0 atom stereocenters. The van der Waals surface area contributed by atoms with Crippen LogP contribution in [0.25, 0.3) is 26.9 Å². The molecular weight excluding hydrogens is 352 g/mol. The van der Waals surface area contributed by atoms with Crippen LogP contribution in [-0.2, 0) is 18.9 Å². The minimum atomic E-state index is -0.370. The molecular formula is C27H33N2+. The van der Waals surface area contributed by atoms with Gasteiger partial charge in [-0.05, 0) is 59.0 Å². The quantitative estimate of drug-likeness (QED) is 0.360. The summed E-state index contributed by atoms with van der Waals surface area (Å²) < 4.78 is 2.24. The Kier molecular flexibility index (Phi) is 5.30. The van der Waals surface area contributed by atoms with Crippen molar-refractivity contribution in [3.05, 3.63) is 76.3 Å². The van der Waals surface area contributed by atoms with E-state index in [9.17, 15) is 0 Å². The topological polar surface area (TPSA) is 8.24 Å². The van der Waals surface area contributed by atoms with E-state index in [1.54, 1.807) is 0 Å². The first kappa shape index (κ1) is 21.1. The van der Waals surface area contributed by atoms with E-state index in [1.807, 2.05) is 13.8 Å². The molecule has 0 N–H and O–H groups in total. The minimum Gasteiger partial charge on any atom is -0.311 e. The maximum Gasteiger partial charge on any atom is 0.231 e. The monoisotopic (exact) mass is 385 g/mol. The lowest BCUT2D eigenvalue weighted by atomic mass is 9.82. The predicted octanol–water partition coefficient (Wildman–Crippen LogP) is 6.49. The van der Waals surface area contributed by atoms with E-state index in [4.69, 9.17) is 6.57 Å². The molecule has 0 spiro atoms. The number of hydrogen-bond donors (Lipinski definition) is 0. The second kappa shape index (κ2) is 7.30. The van der Waals surface area contributed by atoms with E-state index >= 15 is 0 Å². The zero-order valence-electron chi connectivity index (χ0n) is 19.1. The Morgan fingerprint density at radius 1 is 0.966 bits per heavy atom. The van der Waals surface area contributed by atoms with Crippen molar-refractivity contribution in [1.29, 1.82) is 0 Å². The van der Waals surface area contributed by atoms with Gasteiger partial charge in [0.15, 0.2) is 6.20 Å². The van der Waals surface area contributed by atoms with Crippen molar-refractivity contribution >= 4 is 10.8 Å². The summed E-state index contributed by atoms with van der Waals surface area (Å²) in [5, 5.41) is 2.49. The van der Waals surface area contributed by atoms with E-state index in [0.717, 1.165) is 6.42 Å². The molecule has 29 heavy (non-hydrogen) atoms. The van der Waals surface area contributed by atoms with Crippen molar-refractivity contribution in [1.82, 2.24) is 0 Å². The van der Waals surface area contributed by atoms with Crippen molar-refractivity contribution in [3.63, 3.8) is 0 Å². The molecule has 0 aliphatic carbocycles. The van der Waals surface area contributed by atoms with Crippen molar-refractivity contribution < 1.29 is 4.57 Å². The maximum absolute atomic E-state index is 7.43. The summed E-state index contributed by atoms with van der Waals surface area (Å²) in [6.07, 6.45) is 2.92. The summed E-state index contributed by atoms with van der Waals surface area (Å²) in [5.74, 6) is 0. The van der Waals surface area contributed by atoms with E-state index in [0.29, 0.717) is 0 Å². The smallest absolute Gasteiger partial charge is 0.231 e. The van der Waals surface area contributed by atoms with Crippen LogP contribution >= 0.6 is 0 Å². The number of nitrogens with zero attached hydrogens (tertiary/aromatic N) is 2. The molecule has 0 aliphatic rings. The number of hydrogen-bond acceptors (Lipinski definition) is 0. The third-order valence-electron chi connectivity index (χ3n) is 5.93. The molecule has 150 valence electrons. The zero-order chi connectivity index (χ0) is 21.6. The molecule has 0 radical (unpaired) electrons. The second-order valence-corrected chi connectivity index (χ2v) is 10.0. The van der Waals surface area contributed by atoms with Crippen LogP contribution in [0.1, 0.15) is 56.9 Å². The predicted molar refractivity (Wildman–Crippen MR) is 123 cm³/mol. The van der Waals surface area contributed by atoms with Gasteiger partial charge in [0.05, 0.1) is 17.4 Å². The first-order chi connectivity index (χ1) is 13.4. The fourth-order valence-corrected chi connectivity index (χ4v) is 3.94. The number of pyridine rings is 1. The number of benzene rings is 2. The summed E-state index contributed by atoms with van der Waals surface area (Å²) in [6, 6.07) is 13.6. The van der Waals surface area contributed by atoms with Gasteiger partial charge in [0.1, 0.15) is 7.05 Å². The summed E-state index contributed by atoms with van der Waals surface area (Å²) >= 11 is 0. The molecule has 0 aliphatic heterocycles. The molecule has 0 saturated heterocycles. The van der Waals surface area contributed by atoms with Gasteiger partial charge in [-0.3, -0.25) is 0 Å². The van der Waals surface area contributed by atoms with Gasteiger partial charge in [-0.15, -0.1) is 0 Å². The van der Waals surface area contributed by atoms with Crippen molar-refractivity contribution in [2.24, 2.45) is 7.05 Å². The third kappa shape index (κ3) is 4.20. The Morgan fingerprint density at radius 2 is 1.66 bits per heavy atom. The van der Waals surface area contributed by atoms with Crippen LogP contribution in [0, 0.1) is 20.4 Å². The molecule has 0 fully saturated rings. The van der Waals surface area contributed by atoms with Crippen LogP contribution in [0.4, 0.5) is 0 Å². The Bertz CT molecular complexity index is 1120. The number of aryl methyl sites for hydroxylation is 2. The fraction of sp³-hybridized carbons (Fsp3) is 0.407. The Hall–Kier alpha value is -2.66. The summed E-state index contributed by atoms with van der Waals surface area (Å²) in [6.45, 7) is 22.7. The van der Waals surface area contributed by atoms with Gasteiger partial charge < -0.3 is 4.85 Å². The molecule has 0 unspecified atom stereocenters. The number of fused-ring (bicyclic) bond motifs is 1. The van der Waals surface area contributed by atoms with Gasteiger partial charge in [0.2, 0.25) is 11.2 Å². The fourth-order valence-electron chi connectivity index (χ4n) is 3.94. The van der Waals surface area contributed by atoms with Crippen LogP contribution in [0.15, 0.2) is 42.6 Å². The largest absolute Gasteiger partial charge is 0.311 e. The highest BCUT2D eigenvalue weighted by molar-refractivity contribution is 5.94. The molecule has 0 bridgehead atoms. The van der Waals surface area contributed by atoms with Crippen LogP contribution in [0.5, 0.6) is 0 Å². The summed E-state index contributed by atoms with van der Waals surface area (Å²) in [7, 11) is 2.13. The van der Waals surface area contributed by atoms with Gasteiger partial charge in [0.25, 0.3) is 0 Å². The van der Waals surface area contributed by atoms with E-state index in [1.165, 1.54) is 44.3 Å². The van der Waals surface area contributed by atoms with Gasteiger partial charge >= 0.3 is 0 Å². The number of aromatic nitrogens is 1. The Balaban J connectivity index is 2.24. The van der Waals surface area contributed by atoms with Crippen molar-refractivity contribution in [2.75, 3.05) is 0 Å². The van der Waals surface area contributed by atoms with E-state index in [2.05, 4.69) is 93.7 Å². The molecule has 0 amide bonds. The third-order valence-corrected chi connectivity index (χ3v) is 5.93. The summed E-state index contributed by atoms with van der Waals surface area (Å²) in [5.41, 5.74) is 7.54. The van der Waals surface area contributed by atoms with E-state index < -0.39 is 0 Å². The summed E-state index contributed by atoms with van der Waals surface area (Å²) in [4.78, 5) is 3.77. The van der Waals surface area contributed by atoms with Crippen molar-refractivity contribution in [2.45, 2.75) is 65.8 Å². The van der Waals surface area contributed by atoms with Crippen molar-refractivity contribution in [3.8, 4) is 11.3 Å². The molecule has 3 aromatic rings. The molecule has 2 nitrogen and oxygen atoms in total. The Labute approximate surface area is 176 Å². The SMILES string of the molecule is [C-]#[N+]C(C)(C)Cc1ccc2c(-c3cc(C(C)(C)C)cc(C)c3C)[n+](C)ccc2c1. The highest BCUT2D eigenvalue weighted by atomic mass is 14.9. The van der Waals surface area contributed by atoms with Gasteiger partial charge in [-0.2, -0.15) is 0 Å². The first-order valence-corrected chi connectivity index (χ1v) is 10.3. The van der Waals surface area contributed by atoms with Gasteiger partial charge in [-0.25, -0.2) is 11.1 Å². The molecule has 1 aromatic heterocycles. The van der Waals surface area contributed by atoms with Crippen LogP contribution in [0.2, 0.25) is 0 Å². The average Bonchev–Trinajstić information content (AvgIpc) is 2.63. The second-order valence-electron chi connectivity index (χ2n) is 10.0. The van der Waals surface area contributed by atoms with Crippen LogP contribution in [-0.4, -0.2) is 5.54 Å². The van der Waals surface area contributed by atoms with Gasteiger partial charge in [0, 0.05) is 19.9 Å². The Morgan fingerprint density at radius 3 is 2.28 bits per heavy atom. The van der Waals surface area contributed by atoms with Crippen LogP contribution < -0.4 is 4.57 Å². The zero-order valence-corrected chi connectivity index (χ0v) is 19.1. The lowest BCUT2D eigenvalue weighted by molar-refractivity contribution is -0.659. The number of rotatable bonds is 3. The lowest BCUT2D eigenvalue weighted by Gasteiger charge is -2.22. The molecule has 3 rings (SSSR count). The normalized spacial score (nSPS) is 12.2. The molecule has 0 saturated carbocycles. The molecule has 2 aromatic carbocycles. The first-order valence-electron chi connectivity index (χ1n) is 10.3. The molecule has 2 heteroatoms. The van der Waals surface area contributed by atoms with Crippen LogP contribution in [0.3, 0.4) is 0 Å². The lowest BCUT2D eigenvalue weighted by Crippen LogP contribution is -2.31. The van der Waals surface area contributed by atoms with E-state index in [-0.39, 0.29) is 11.0 Å². The highest BCUT2D eigenvalue weighted by Gasteiger charge is 2.25. The maximum atomic E-state index is 7.43. The van der Waals surface area contributed by atoms with Gasteiger partial charge in [-0.1, -0.05) is 39.0 Å². The average molecular weight is 386 g/mol. The standard InChI is InChI=1S/C27H33N2/c1-18-14-22(26(3,4)5)16-24(19(18)2)25-23-11-10-20(17-27(6,7)28-8)15-21(23)12-13-29(25)9/h10-16H,17H2,1-7,9H3/q+1. The molecule has 1 heterocycles. The minimum absolute atomic E-state index is 0.106.